The van der Waals surface area contributed by atoms with E-state index in [-0.39, 0.29) is 6.10 Å². The van der Waals surface area contributed by atoms with E-state index in [9.17, 15) is 0 Å². The lowest BCUT2D eigenvalue weighted by Gasteiger charge is -2.32. The monoisotopic (exact) mass is 333 g/mol. The molecule has 0 aromatic carbocycles. The standard InChI is InChI=1S/C18H31N5O/c1-4-6-9-20-18(19-5-2)22-13-16-7-8-17(21-12-16)23-10-11-24-15(3)14-23/h7-8,12,15H,4-6,9-11,13-14H2,1-3H3,(H2,19,20,22). The minimum atomic E-state index is 0.265. The molecule has 1 saturated heterocycles. The largest absolute Gasteiger partial charge is 0.375 e. The summed E-state index contributed by atoms with van der Waals surface area (Å²) in [5.41, 5.74) is 1.12. The van der Waals surface area contributed by atoms with Crippen LogP contribution in [0.1, 0.15) is 39.2 Å². The van der Waals surface area contributed by atoms with Crippen molar-refractivity contribution >= 4 is 11.8 Å². The maximum absolute atomic E-state index is 5.58. The Kier molecular flexibility index (Phi) is 7.82. The summed E-state index contributed by atoms with van der Waals surface area (Å²) in [6.07, 6.45) is 4.52. The van der Waals surface area contributed by atoms with Gasteiger partial charge in [0, 0.05) is 32.4 Å². The van der Waals surface area contributed by atoms with Crippen LogP contribution in [0.5, 0.6) is 0 Å². The minimum Gasteiger partial charge on any atom is -0.375 e. The van der Waals surface area contributed by atoms with Crippen LogP contribution in [0, 0.1) is 0 Å². The van der Waals surface area contributed by atoms with Crippen molar-refractivity contribution in [1.29, 1.82) is 0 Å². The second kappa shape index (κ2) is 10.1. The van der Waals surface area contributed by atoms with Crippen molar-refractivity contribution < 1.29 is 4.74 Å². The molecule has 1 fully saturated rings. The number of hydrogen-bond acceptors (Lipinski definition) is 4. The molecule has 6 nitrogen and oxygen atoms in total. The van der Waals surface area contributed by atoms with E-state index < -0.39 is 0 Å². The number of pyridine rings is 1. The number of nitrogens with zero attached hydrogens (tertiary/aromatic N) is 3. The zero-order valence-electron chi connectivity index (χ0n) is 15.2. The molecule has 1 aromatic rings. The molecule has 6 heteroatoms. The molecule has 2 heterocycles. The summed E-state index contributed by atoms with van der Waals surface area (Å²) in [6.45, 7) is 11.4. The third kappa shape index (κ3) is 6.00. The van der Waals surface area contributed by atoms with Gasteiger partial charge in [-0.2, -0.15) is 0 Å². The lowest BCUT2D eigenvalue weighted by Crippen LogP contribution is -2.41. The number of aliphatic imine (C=N–C) groups is 1. The Bertz CT molecular complexity index is 503. The highest BCUT2D eigenvalue weighted by Crippen LogP contribution is 2.15. The van der Waals surface area contributed by atoms with E-state index in [0.717, 1.165) is 56.5 Å². The maximum atomic E-state index is 5.58. The molecule has 0 aliphatic carbocycles. The van der Waals surface area contributed by atoms with Crippen LogP contribution in [-0.2, 0) is 11.3 Å². The number of nitrogens with one attached hydrogen (secondary N) is 2. The predicted molar refractivity (Wildman–Crippen MR) is 99.6 cm³/mol. The molecule has 1 aliphatic heterocycles. The number of ether oxygens (including phenoxy) is 1. The molecule has 0 bridgehead atoms. The van der Waals surface area contributed by atoms with Gasteiger partial charge in [0.05, 0.1) is 19.3 Å². The molecule has 1 unspecified atom stereocenters. The van der Waals surface area contributed by atoms with E-state index in [1.54, 1.807) is 0 Å². The molecule has 2 N–H and O–H groups in total. The summed E-state index contributed by atoms with van der Waals surface area (Å²) in [6, 6.07) is 4.20. The van der Waals surface area contributed by atoms with E-state index in [4.69, 9.17) is 4.74 Å². The quantitative estimate of drug-likeness (QED) is 0.455. The second-order valence-electron chi connectivity index (χ2n) is 6.13. The maximum Gasteiger partial charge on any atom is 0.191 e. The van der Waals surface area contributed by atoms with Gasteiger partial charge in [-0.05, 0) is 31.9 Å². The lowest BCUT2D eigenvalue weighted by molar-refractivity contribution is 0.0529. The highest BCUT2D eigenvalue weighted by Gasteiger charge is 2.17. The number of hydrogen-bond donors (Lipinski definition) is 2. The molecular formula is C18H31N5O. The molecule has 1 aromatic heterocycles. The van der Waals surface area contributed by atoms with Gasteiger partial charge >= 0.3 is 0 Å². The molecule has 2 rings (SSSR count). The van der Waals surface area contributed by atoms with Crippen LogP contribution in [0.15, 0.2) is 23.3 Å². The highest BCUT2D eigenvalue weighted by atomic mass is 16.5. The normalized spacial score (nSPS) is 18.5. The van der Waals surface area contributed by atoms with Crippen molar-refractivity contribution in [3.8, 4) is 0 Å². The molecule has 1 atom stereocenters. The third-order valence-electron chi connectivity index (χ3n) is 3.96. The first kappa shape index (κ1) is 18.5. The van der Waals surface area contributed by atoms with Crippen LogP contribution in [0.25, 0.3) is 0 Å². The van der Waals surface area contributed by atoms with Crippen molar-refractivity contribution in [3.05, 3.63) is 23.9 Å². The first-order valence-corrected chi connectivity index (χ1v) is 9.06. The fraction of sp³-hybridized carbons (Fsp3) is 0.667. The van der Waals surface area contributed by atoms with Gasteiger partial charge in [-0.15, -0.1) is 0 Å². The molecule has 1 aliphatic rings. The van der Waals surface area contributed by atoms with E-state index in [2.05, 4.69) is 58.4 Å². The Morgan fingerprint density at radius 3 is 2.92 bits per heavy atom. The highest BCUT2D eigenvalue weighted by molar-refractivity contribution is 5.79. The Labute approximate surface area is 145 Å². The summed E-state index contributed by atoms with van der Waals surface area (Å²) in [5.74, 6) is 1.89. The number of anilines is 1. The van der Waals surface area contributed by atoms with Crippen molar-refractivity contribution in [1.82, 2.24) is 15.6 Å². The zero-order chi connectivity index (χ0) is 17.2. The third-order valence-corrected chi connectivity index (χ3v) is 3.96. The predicted octanol–water partition coefficient (Wildman–Crippen LogP) is 2.16. The summed E-state index contributed by atoms with van der Waals surface area (Å²) < 4.78 is 5.58. The molecule has 0 radical (unpaired) electrons. The fourth-order valence-corrected chi connectivity index (χ4v) is 2.62. The number of morpholine rings is 1. The molecule has 134 valence electrons. The van der Waals surface area contributed by atoms with E-state index >= 15 is 0 Å². The Morgan fingerprint density at radius 1 is 1.38 bits per heavy atom. The SMILES string of the molecule is CCCCNC(=NCc1ccc(N2CCOC(C)C2)nc1)NCC. The molecule has 0 spiro atoms. The van der Waals surface area contributed by atoms with Crippen molar-refractivity contribution in [2.24, 2.45) is 4.99 Å². The number of aromatic nitrogens is 1. The van der Waals surface area contributed by atoms with Gasteiger partial charge in [0.2, 0.25) is 0 Å². The number of unbranched alkanes of at least 4 members (excludes halogenated alkanes) is 1. The smallest absolute Gasteiger partial charge is 0.191 e. The first-order chi connectivity index (χ1) is 11.7. The van der Waals surface area contributed by atoms with Gasteiger partial charge in [0.1, 0.15) is 5.82 Å². The van der Waals surface area contributed by atoms with Crippen LogP contribution in [-0.4, -0.2) is 49.8 Å². The van der Waals surface area contributed by atoms with E-state index in [1.165, 1.54) is 6.42 Å². The van der Waals surface area contributed by atoms with Crippen molar-refractivity contribution in [3.63, 3.8) is 0 Å². The first-order valence-electron chi connectivity index (χ1n) is 9.06. The molecule has 24 heavy (non-hydrogen) atoms. The van der Waals surface area contributed by atoms with Crippen LogP contribution in [0.2, 0.25) is 0 Å². The Balaban J connectivity index is 1.90. The number of rotatable bonds is 7. The Morgan fingerprint density at radius 2 is 2.25 bits per heavy atom. The summed E-state index contributed by atoms with van der Waals surface area (Å²) in [7, 11) is 0. The summed E-state index contributed by atoms with van der Waals surface area (Å²) in [4.78, 5) is 11.5. The van der Waals surface area contributed by atoms with Crippen LogP contribution in [0.4, 0.5) is 5.82 Å². The van der Waals surface area contributed by atoms with Crippen molar-refractivity contribution in [2.75, 3.05) is 37.7 Å². The lowest BCUT2D eigenvalue weighted by atomic mass is 10.2. The van der Waals surface area contributed by atoms with Gasteiger partial charge in [-0.25, -0.2) is 9.98 Å². The fourth-order valence-electron chi connectivity index (χ4n) is 2.62. The minimum absolute atomic E-state index is 0.265. The van der Waals surface area contributed by atoms with Gasteiger partial charge in [0.25, 0.3) is 0 Å². The van der Waals surface area contributed by atoms with Gasteiger partial charge < -0.3 is 20.3 Å². The molecule has 0 amide bonds. The van der Waals surface area contributed by atoms with Crippen LogP contribution < -0.4 is 15.5 Å². The zero-order valence-corrected chi connectivity index (χ0v) is 15.2. The topological polar surface area (TPSA) is 61.8 Å². The second-order valence-corrected chi connectivity index (χ2v) is 6.13. The average molecular weight is 333 g/mol. The van der Waals surface area contributed by atoms with Gasteiger partial charge in [-0.1, -0.05) is 19.4 Å². The van der Waals surface area contributed by atoms with Gasteiger partial charge in [0.15, 0.2) is 5.96 Å². The van der Waals surface area contributed by atoms with E-state index in [1.807, 2.05) is 6.20 Å². The summed E-state index contributed by atoms with van der Waals surface area (Å²) in [5, 5.41) is 6.63. The number of guanidine groups is 1. The van der Waals surface area contributed by atoms with Crippen LogP contribution >= 0.6 is 0 Å². The molecular weight excluding hydrogens is 302 g/mol. The average Bonchev–Trinajstić information content (AvgIpc) is 2.60. The Hall–Kier alpha value is -1.82. The van der Waals surface area contributed by atoms with Crippen LogP contribution in [0.3, 0.4) is 0 Å². The summed E-state index contributed by atoms with van der Waals surface area (Å²) >= 11 is 0. The van der Waals surface area contributed by atoms with Crippen molar-refractivity contribution in [2.45, 2.75) is 46.3 Å². The van der Waals surface area contributed by atoms with Gasteiger partial charge in [-0.3, -0.25) is 0 Å². The molecule has 0 saturated carbocycles. The van der Waals surface area contributed by atoms with E-state index in [0.29, 0.717) is 6.54 Å².